The molecule has 0 spiro atoms. The van der Waals surface area contributed by atoms with Gasteiger partial charge in [0.1, 0.15) is 5.82 Å². The quantitative estimate of drug-likeness (QED) is 0.912. The van der Waals surface area contributed by atoms with E-state index in [9.17, 15) is 14.3 Å². The molecule has 106 valence electrons. The van der Waals surface area contributed by atoms with Crippen molar-refractivity contribution in [2.75, 3.05) is 0 Å². The third-order valence-corrected chi connectivity index (χ3v) is 3.33. The van der Waals surface area contributed by atoms with E-state index in [1.165, 1.54) is 6.07 Å². The predicted molar refractivity (Wildman–Crippen MR) is 72.9 cm³/mol. The van der Waals surface area contributed by atoms with E-state index in [4.69, 9.17) is 0 Å². The average molecular weight is 276 g/mol. The number of aryl methyl sites for hydroxylation is 2. The maximum Gasteiger partial charge on any atom is 0.307 e. The number of carboxylic acids is 1. The lowest BCUT2D eigenvalue weighted by Gasteiger charge is -2.13. The number of carbonyl (C=O) groups is 1. The summed E-state index contributed by atoms with van der Waals surface area (Å²) in [7, 11) is 1.78. The van der Waals surface area contributed by atoms with E-state index in [-0.39, 0.29) is 12.2 Å². The first-order valence-corrected chi connectivity index (χ1v) is 6.43. The molecule has 1 N–H and O–H groups in total. The molecule has 0 amide bonds. The van der Waals surface area contributed by atoms with Crippen LogP contribution < -0.4 is 0 Å². The number of benzene rings is 1. The molecule has 0 saturated heterocycles. The molecule has 1 atom stereocenters. The van der Waals surface area contributed by atoms with Crippen molar-refractivity contribution in [2.45, 2.75) is 19.8 Å². The molecule has 1 unspecified atom stereocenters. The number of aromatic nitrogens is 2. The van der Waals surface area contributed by atoms with Crippen LogP contribution in [0.2, 0.25) is 0 Å². The van der Waals surface area contributed by atoms with Crippen molar-refractivity contribution in [2.24, 2.45) is 13.0 Å². The largest absolute Gasteiger partial charge is 0.481 e. The molecule has 0 fully saturated rings. The Kier molecular flexibility index (Phi) is 4.17. The zero-order valence-electron chi connectivity index (χ0n) is 11.5. The van der Waals surface area contributed by atoms with Gasteiger partial charge in [-0.25, -0.2) is 4.39 Å². The van der Waals surface area contributed by atoms with Gasteiger partial charge in [-0.05, 0) is 31.0 Å². The molecule has 5 heteroatoms. The maximum absolute atomic E-state index is 13.6. The molecule has 0 saturated carbocycles. The fourth-order valence-corrected chi connectivity index (χ4v) is 2.28. The van der Waals surface area contributed by atoms with Crippen LogP contribution in [0.25, 0.3) is 0 Å². The summed E-state index contributed by atoms with van der Waals surface area (Å²) in [6.07, 6.45) is 0.507. The lowest BCUT2D eigenvalue weighted by Crippen LogP contribution is -2.21. The molecule has 0 aliphatic heterocycles. The molecule has 2 rings (SSSR count). The van der Waals surface area contributed by atoms with Crippen molar-refractivity contribution in [3.63, 3.8) is 0 Å². The van der Waals surface area contributed by atoms with Gasteiger partial charge in [-0.2, -0.15) is 5.10 Å². The van der Waals surface area contributed by atoms with E-state index in [2.05, 4.69) is 5.10 Å². The highest BCUT2D eigenvalue weighted by Crippen LogP contribution is 2.17. The fraction of sp³-hybridized carbons (Fsp3) is 0.333. The molecule has 0 bridgehead atoms. The first-order valence-electron chi connectivity index (χ1n) is 6.43. The molecule has 0 aliphatic rings. The van der Waals surface area contributed by atoms with Crippen LogP contribution in [-0.2, 0) is 24.7 Å². The first-order chi connectivity index (χ1) is 9.47. The summed E-state index contributed by atoms with van der Waals surface area (Å²) in [5.41, 5.74) is 2.11. The molecule has 4 nitrogen and oxygen atoms in total. The summed E-state index contributed by atoms with van der Waals surface area (Å²) in [5.74, 6) is -1.95. The summed E-state index contributed by atoms with van der Waals surface area (Å²) in [6, 6.07) is 8.14. The molecular formula is C15H17FN2O2. The second-order valence-corrected chi connectivity index (χ2v) is 4.94. The van der Waals surface area contributed by atoms with Gasteiger partial charge in [0.2, 0.25) is 0 Å². The topological polar surface area (TPSA) is 55.1 Å². The van der Waals surface area contributed by atoms with Gasteiger partial charge >= 0.3 is 5.97 Å². The molecule has 1 heterocycles. The average Bonchev–Trinajstić information content (AvgIpc) is 2.69. The summed E-state index contributed by atoms with van der Waals surface area (Å²) >= 11 is 0. The van der Waals surface area contributed by atoms with Crippen LogP contribution in [0.3, 0.4) is 0 Å². The van der Waals surface area contributed by atoms with Gasteiger partial charge in [0.15, 0.2) is 0 Å². The minimum absolute atomic E-state index is 0.173. The summed E-state index contributed by atoms with van der Waals surface area (Å²) in [4.78, 5) is 11.4. The Bertz CT molecular complexity index is 622. The number of carboxylic acid groups (broad SMARTS) is 1. The molecule has 0 aliphatic carbocycles. The molecule has 20 heavy (non-hydrogen) atoms. The van der Waals surface area contributed by atoms with Crippen molar-refractivity contribution in [3.05, 3.63) is 53.1 Å². The highest BCUT2D eigenvalue weighted by Gasteiger charge is 2.21. The highest BCUT2D eigenvalue weighted by atomic mass is 19.1. The second kappa shape index (κ2) is 5.86. The van der Waals surface area contributed by atoms with Crippen molar-refractivity contribution in [1.29, 1.82) is 0 Å². The summed E-state index contributed by atoms with van der Waals surface area (Å²) in [5, 5.41) is 13.5. The number of hydrogen-bond donors (Lipinski definition) is 1. The van der Waals surface area contributed by atoms with Crippen LogP contribution in [0, 0.1) is 18.7 Å². The van der Waals surface area contributed by atoms with Crippen LogP contribution in [-0.4, -0.2) is 20.9 Å². The third-order valence-electron chi connectivity index (χ3n) is 3.33. The van der Waals surface area contributed by atoms with Gasteiger partial charge in [-0.15, -0.1) is 0 Å². The normalized spacial score (nSPS) is 12.3. The lowest BCUT2D eigenvalue weighted by molar-refractivity contribution is -0.141. The van der Waals surface area contributed by atoms with Crippen LogP contribution in [0.1, 0.15) is 17.0 Å². The zero-order chi connectivity index (χ0) is 14.7. The van der Waals surface area contributed by atoms with E-state index in [0.29, 0.717) is 12.0 Å². The Morgan fingerprint density at radius 1 is 1.40 bits per heavy atom. The molecule has 0 radical (unpaired) electrons. The Labute approximate surface area is 116 Å². The van der Waals surface area contributed by atoms with E-state index < -0.39 is 11.9 Å². The monoisotopic (exact) mass is 276 g/mol. The van der Waals surface area contributed by atoms with E-state index in [1.54, 1.807) is 29.9 Å². The van der Waals surface area contributed by atoms with Crippen LogP contribution in [0.4, 0.5) is 4.39 Å². The minimum atomic E-state index is -0.924. The van der Waals surface area contributed by atoms with Gasteiger partial charge in [0, 0.05) is 19.2 Å². The number of aliphatic carboxylic acids is 1. The Balaban J connectivity index is 2.18. The maximum atomic E-state index is 13.6. The number of halogens is 1. The van der Waals surface area contributed by atoms with Crippen molar-refractivity contribution < 1.29 is 14.3 Å². The van der Waals surface area contributed by atoms with Crippen LogP contribution in [0.15, 0.2) is 30.3 Å². The fourth-order valence-electron chi connectivity index (χ4n) is 2.28. The summed E-state index contributed by atoms with van der Waals surface area (Å²) < 4.78 is 15.3. The standard InChI is InChI=1S/C15H17FN2O2/c1-10-7-13(18(2)17-10)9-12(15(19)20)8-11-5-3-4-6-14(11)16/h3-7,12H,8-9H2,1-2H3,(H,19,20). The van der Waals surface area contributed by atoms with Gasteiger partial charge in [-0.3, -0.25) is 9.48 Å². The third kappa shape index (κ3) is 3.23. The Hall–Kier alpha value is -2.17. The van der Waals surface area contributed by atoms with Crippen LogP contribution >= 0.6 is 0 Å². The lowest BCUT2D eigenvalue weighted by atomic mass is 9.94. The molecule has 1 aromatic heterocycles. The minimum Gasteiger partial charge on any atom is -0.481 e. The summed E-state index contributed by atoms with van der Waals surface area (Å²) in [6.45, 7) is 1.86. The number of hydrogen-bond acceptors (Lipinski definition) is 2. The molecule has 1 aromatic carbocycles. The SMILES string of the molecule is Cc1cc(CC(Cc2ccccc2F)C(=O)O)n(C)n1. The smallest absolute Gasteiger partial charge is 0.307 e. The van der Waals surface area contributed by atoms with Gasteiger partial charge < -0.3 is 5.11 Å². The number of rotatable bonds is 5. The van der Waals surface area contributed by atoms with E-state index in [0.717, 1.165) is 11.4 Å². The van der Waals surface area contributed by atoms with Gasteiger partial charge in [-0.1, -0.05) is 18.2 Å². The highest BCUT2D eigenvalue weighted by molar-refractivity contribution is 5.70. The Morgan fingerprint density at radius 3 is 2.65 bits per heavy atom. The van der Waals surface area contributed by atoms with E-state index in [1.807, 2.05) is 13.0 Å². The zero-order valence-corrected chi connectivity index (χ0v) is 11.5. The van der Waals surface area contributed by atoms with Crippen molar-refractivity contribution in [3.8, 4) is 0 Å². The van der Waals surface area contributed by atoms with Gasteiger partial charge in [0.25, 0.3) is 0 Å². The van der Waals surface area contributed by atoms with Crippen molar-refractivity contribution in [1.82, 2.24) is 9.78 Å². The Morgan fingerprint density at radius 2 is 2.10 bits per heavy atom. The van der Waals surface area contributed by atoms with Crippen molar-refractivity contribution >= 4 is 5.97 Å². The number of nitrogens with zero attached hydrogens (tertiary/aromatic N) is 2. The molecular weight excluding hydrogens is 259 g/mol. The van der Waals surface area contributed by atoms with Gasteiger partial charge in [0.05, 0.1) is 11.6 Å². The van der Waals surface area contributed by atoms with Crippen LogP contribution in [0.5, 0.6) is 0 Å². The molecule has 2 aromatic rings. The predicted octanol–water partition coefficient (Wildman–Crippen LogP) is 2.35. The van der Waals surface area contributed by atoms with E-state index >= 15 is 0 Å². The second-order valence-electron chi connectivity index (χ2n) is 4.94. The first kappa shape index (κ1) is 14.2.